The van der Waals surface area contributed by atoms with Gasteiger partial charge in [-0.3, -0.25) is 9.97 Å². The molecule has 0 N–H and O–H groups in total. The summed E-state index contributed by atoms with van der Waals surface area (Å²) < 4.78 is 0. The third kappa shape index (κ3) is 3.63. The van der Waals surface area contributed by atoms with Crippen molar-refractivity contribution in [3.8, 4) is 22.3 Å². The van der Waals surface area contributed by atoms with Gasteiger partial charge in [0.1, 0.15) is 0 Å². The zero-order chi connectivity index (χ0) is 26.9. The highest BCUT2D eigenvalue weighted by Gasteiger charge is 2.37. The summed E-state index contributed by atoms with van der Waals surface area (Å²) in [6.45, 7) is 0.263. The van der Waals surface area contributed by atoms with Crippen molar-refractivity contribution < 1.29 is 0 Å². The average molecular weight is 557 g/mol. The van der Waals surface area contributed by atoms with Crippen LogP contribution in [0.1, 0.15) is 0 Å². The second kappa shape index (κ2) is 9.10. The molecular weight excluding hydrogens is 535 g/mol. The van der Waals surface area contributed by atoms with Crippen LogP contribution in [-0.4, -0.2) is 16.7 Å². The van der Waals surface area contributed by atoms with Crippen molar-refractivity contribution in [3.63, 3.8) is 0 Å². The third-order valence-corrected chi connectivity index (χ3v) is 10.6. The minimum Gasteiger partial charge on any atom is -0.254 e. The summed E-state index contributed by atoms with van der Waals surface area (Å²) in [5.74, 6) is 0. The van der Waals surface area contributed by atoms with Crippen molar-refractivity contribution in [2.75, 3.05) is 0 Å². The number of fused-ring (bicyclic) bond motifs is 7. The third-order valence-electron chi connectivity index (χ3n) is 8.30. The Morgan fingerprint density at radius 2 is 1.17 bits per heavy atom. The van der Waals surface area contributed by atoms with E-state index >= 15 is 0 Å². The Morgan fingerprint density at radius 1 is 0.488 bits per heavy atom. The molecule has 9 rings (SSSR count). The Balaban J connectivity index is 1.15. The summed E-state index contributed by atoms with van der Waals surface area (Å²) in [6.07, 6.45) is 3.69. The minimum atomic E-state index is 0.263. The van der Waals surface area contributed by atoms with Crippen LogP contribution in [0.4, 0.5) is 0 Å². The fourth-order valence-corrected chi connectivity index (χ4v) is 8.81. The van der Waals surface area contributed by atoms with Gasteiger partial charge in [-0.1, -0.05) is 107 Å². The van der Waals surface area contributed by atoms with Crippen LogP contribution in [0.3, 0.4) is 0 Å². The first kappa shape index (κ1) is 23.4. The average Bonchev–Trinajstić information content (AvgIpc) is 3.04. The van der Waals surface area contributed by atoms with E-state index in [0.717, 1.165) is 21.8 Å². The van der Waals surface area contributed by atoms with E-state index in [1.54, 1.807) is 0 Å². The predicted octanol–water partition coefficient (Wildman–Crippen LogP) is 7.56. The number of benzene rings is 5. The van der Waals surface area contributed by atoms with Gasteiger partial charge < -0.3 is 0 Å². The molecule has 5 heteroatoms. The van der Waals surface area contributed by atoms with E-state index in [4.69, 9.17) is 4.98 Å². The zero-order valence-electron chi connectivity index (χ0n) is 21.9. The molecule has 0 saturated heterocycles. The lowest BCUT2D eigenvalue weighted by molar-refractivity contribution is 1.33. The summed E-state index contributed by atoms with van der Waals surface area (Å²) in [5, 5.41) is 2.23. The Bertz CT molecular complexity index is 2160. The summed E-state index contributed by atoms with van der Waals surface area (Å²) >= 11 is 3.81. The maximum absolute atomic E-state index is 4.69. The van der Waals surface area contributed by atoms with Crippen LogP contribution in [-0.2, 0) is 0 Å². The van der Waals surface area contributed by atoms with Gasteiger partial charge in [-0.15, -0.1) is 0 Å². The van der Waals surface area contributed by atoms with Crippen LogP contribution in [0.25, 0.3) is 44.1 Å². The Labute approximate surface area is 247 Å². The summed E-state index contributed by atoms with van der Waals surface area (Å²) in [4.78, 5) is 14.8. The molecule has 4 heterocycles. The molecular formula is C36H21BN2S2. The van der Waals surface area contributed by atoms with E-state index in [9.17, 15) is 0 Å². The highest BCUT2D eigenvalue weighted by atomic mass is 32.2. The van der Waals surface area contributed by atoms with Crippen molar-refractivity contribution in [3.05, 3.63) is 128 Å². The lowest BCUT2D eigenvalue weighted by atomic mass is 9.36. The largest absolute Gasteiger partial charge is 0.254 e. The molecule has 2 aromatic heterocycles. The molecule has 41 heavy (non-hydrogen) atoms. The highest BCUT2D eigenvalue weighted by Crippen LogP contribution is 2.39. The van der Waals surface area contributed by atoms with Crippen molar-refractivity contribution in [2.24, 2.45) is 0 Å². The lowest BCUT2D eigenvalue weighted by Gasteiger charge is -2.33. The van der Waals surface area contributed by atoms with Crippen molar-refractivity contribution in [1.82, 2.24) is 9.97 Å². The molecule has 2 aliphatic rings. The molecule has 0 amide bonds. The molecule has 0 unspecified atom stereocenters. The number of hydrogen-bond donors (Lipinski definition) is 0. The predicted molar refractivity (Wildman–Crippen MR) is 174 cm³/mol. The maximum atomic E-state index is 4.69. The number of pyridine rings is 2. The number of rotatable bonds is 2. The van der Waals surface area contributed by atoms with Crippen molar-refractivity contribution in [1.29, 1.82) is 0 Å². The zero-order valence-corrected chi connectivity index (χ0v) is 23.5. The minimum absolute atomic E-state index is 0.263. The summed E-state index contributed by atoms with van der Waals surface area (Å²) in [7, 11) is 0. The number of nitrogens with zero attached hydrogens (tertiary/aromatic N) is 2. The van der Waals surface area contributed by atoms with E-state index in [2.05, 4.69) is 108 Å². The van der Waals surface area contributed by atoms with Gasteiger partial charge in [-0.25, -0.2) is 0 Å². The molecule has 2 nitrogen and oxygen atoms in total. The van der Waals surface area contributed by atoms with Crippen molar-refractivity contribution >= 4 is 68.4 Å². The fraction of sp³-hybridized carbons (Fsp3) is 0. The van der Waals surface area contributed by atoms with Crippen LogP contribution < -0.4 is 16.4 Å². The first-order chi connectivity index (χ1) is 20.3. The number of hydrogen-bond acceptors (Lipinski definition) is 4. The molecule has 0 atom stereocenters. The first-order valence-electron chi connectivity index (χ1n) is 13.8. The van der Waals surface area contributed by atoms with Gasteiger partial charge in [0.05, 0.1) is 11.0 Å². The number of aromatic nitrogens is 2. The highest BCUT2D eigenvalue weighted by molar-refractivity contribution is 8.01. The van der Waals surface area contributed by atoms with E-state index in [1.165, 1.54) is 58.2 Å². The standard InChI is InChI=1S/C36H21BN2S2/c1-2-9-30-28(8-1)37-29-21-24(16-17-31(29)41-33-11-3-10-32(40-30)34(33)37)22-12-14-23(15-13-22)27-20-25-6-4-18-38-35(25)36-26(27)7-5-19-39-36/h1-21H. The second-order valence-electron chi connectivity index (χ2n) is 10.6. The molecule has 190 valence electrons. The molecule has 7 aromatic rings. The van der Waals surface area contributed by atoms with Crippen LogP contribution >= 0.6 is 23.5 Å². The molecule has 0 spiro atoms. The normalized spacial score (nSPS) is 13.1. The van der Waals surface area contributed by atoms with Gasteiger partial charge in [0.25, 0.3) is 0 Å². The van der Waals surface area contributed by atoms with Gasteiger partial charge in [-0.2, -0.15) is 0 Å². The van der Waals surface area contributed by atoms with E-state index in [-0.39, 0.29) is 6.71 Å². The van der Waals surface area contributed by atoms with Gasteiger partial charge in [0.2, 0.25) is 6.71 Å². The van der Waals surface area contributed by atoms with E-state index < -0.39 is 0 Å². The molecule has 0 radical (unpaired) electrons. The Kier molecular flexibility index (Phi) is 5.19. The SMILES string of the molecule is c1ccc2c(c1)Sc1cccc3c1B2c1cc(-c2ccc(-c4cc5cccnc5c5ncccc45)cc2)ccc1S3. The van der Waals surface area contributed by atoms with E-state index in [1.807, 2.05) is 48.1 Å². The van der Waals surface area contributed by atoms with Crippen molar-refractivity contribution in [2.45, 2.75) is 19.6 Å². The van der Waals surface area contributed by atoms with Gasteiger partial charge >= 0.3 is 0 Å². The lowest BCUT2D eigenvalue weighted by Crippen LogP contribution is -2.58. The smallest absolute Gasteiger partial charge is 0.247 e. The van der Waals surface area contributed by atoms with Crippen LogP contribution in [0.2, 0.25) is 0 Å². The molecule has 0 aliphatic carbocycles. The quantitative estimate of drug-likeness (QED) is 0.162. The molecule has 0 fully saturated rings. The monoisotopic (exact) mass is 556 g/mol. The van der Waals surface area contributed by atoms with Gasteiger partial charge in [0, 0.05) is 42.7 Å². The van der Waals surface area contributed by atoms with E-state index in [0.29, 0.717) is 0 Å². The van der Waals surface area contributed by atoms with Gasteiger partial charge in [-0.05, 0) is 70.2 Å². The summed E-state index contributed by atoms with van der Waals surface area (Å²) in [5.41, 5.74) is 11.0. The van der Waals surface area contributed by atoms with Crippen LogP contribution in [0, 0.1) is 0 Å². The topological polar surface area (TPSA) is 25.8 Å². The van der Waals surface area contributed by atoms with Crippen LogP contribution in [0.15, 0.2) is 147 Å². The van der Waals surface area contributed by atoms with Crippen LogP contribution in [0.5, 0.6) is 0 Å². The second-order valence-corrected chi connectivity index (χ2v) is 12.7. The molecule has 5 aromatic carbocycles. The van der Waals surface area contributed by atoms with Gasteiger partial charge in [0.15, 0.2) is 0 Å². The Hall–Kier alpha value is -4.32. The Morgan fingerprint density at radius 3 is 2.02 bits per heavy atom. The molecule has 2 aliphatic heterocycles. The fourth-order valence-electron chi connectivity index (χ4n) is 6.42. The summed E-state index contributed by atoms with van der Waals surface area (Å²) in [6, 6.07) is 42.2. The first-order valence-corrected chi connectivity index (χ1v) is 15.4. The molecule has 0 bridgehead atoms. The molecule has 0 saturated carbocycles. The maximum Gasteiger partial charge on any atom is 0.247 e.